The summed E-state index contributed by atoms with van der Waals surface area (Å²) in [6.07, 6.45) is 3.67. The van der Waals surface area contributed by atoms with Crippen LogP contribution < -0.4 is 29.1 Å². The number of aromatic nitrogens is 1. The Balaban J connectivity index is 1.20. The molecule has 6 aromatic rings. The van der Waals surface area contributed by atoms with Gasteiger partial charge in [-0.05, 0) is 88.7 Å². The van der Waals surface area contributed by atoms with E-state index in [9.17, 15) is 4.79 Å². The molecule has 0 N–H and O–H groups in total. The van der Waals surface area contributed by atoms with Crippen LogP contribution in [0.1, 0.15) is 47.2 Å². The predicted molar refractivity (Wildman–Crippen MR) is 192 cm³/mol. The minimum absolute atomic E-state index is 0.0637. The number of benzene rings is 5. The quantitative estimate of drug-likeness (QED) is 0.172. The fraction of sp³-hybridized carbons (Fsp3) is 0.171. The zero-order valence-corrected chi connectivity index (χ0v) is 27.6. The Morgan fingerprint density at radius 1 is 0.875 bits per heavy atom. The largest absolute Gasteiger partial charge is 0.497 e. The molecule has 0 bridgehead atoms. The average molecular weight is 651 g/mol. The molecule has 2 heterocycles. The third kappa shape index (κ3) is 5.40. The Morgan fingerprint density at radius 2 is 1.71 bits per heavy atom. The smallest absolute Gasteiger partial charge is 0.271 e. The molecule has 0 fully saturated rings. The van der Waals surface area contributed by atoms with E-state index in [1.54, 1.807) is 7.11 Å². The second-order valence-electron chi connectivity index (χ2n) is 12.0. The summed E-state index contributed by atoms with van der Waals surface area (Å²) in [4.78, 5) is 20.1. The summed E-state index contributed by atoms with van der Waals surface area (Å²) in [5, 5.41) is 2.35. The number of allylic oxidation sites excluding steroid dienone is 1. The van der Waals surface area contributed by atoms with Gasteiger partial charge in [-0.3, -0.25) is 9.36 Å². The molecule has 0 radical (unpaired) electrons. The highest BCUT2D eigenvalue weighted by Gasteiger charge is 2.32. The van der Waals surface area contributed by atoms with E-state index in [4.69, 9.17) is 19.2 Å². The van der Waals surface area contributed by atoms with Crippen molar-refractivity contribution in [3.8, 4) is 17.2 Å². The molecule has 48 heavy (non-hydrogen) atoms. The van der Waals surface area contributed by atoms with Gasteiger partial charge in [0.2, 0.25) is 0 Å². The monoisotopic (exact) mass is 650 g/mol. The number of methoxy groups -OCH3 is 1. The maximum Gasteiger partial charge on any atom is 0.271 e. The molecular formula is C41H34N2O4S. The molecular weight excluding hydrogens is 617 g/mol. The number of nitrogens with zero attached hydrogens (tertiary/aromatic N) is 2. The van der Waals surface area contributed by atoms with Crippen molar-refractivity contribution in [1.82, 2.24) is 4.57 Å². The standard InChI is InChI=1S/C41H34N2O4S/c1-3-46-36-22-26(18-21-35(36)47-25-30-14-8-12-27-10-4-6-16-32(27)30)23-37-40(44)43-39(29-13-9-15-31(24-29)45-2)34-20-19-28-11-5-7-17-33(28)38(34)42-41(43)48-37/h4-18,21-24,39H,3,19-20,25H2,1-2H3. The number of aryl methyl sites for hydroxylation is 1. The Labute approximate surface area is 282 Å². The van der Waals surface area contributed by atoms with E-state index >= 15 is 0 Å². The van der Waals surface area contributed by atoms with Crippen LogP contribution in [0.2, 0.25) is 0 Å². The van der Waals surface area contributed by atoms with Crippen molar-refractivity contribution < 1.29 is 14.2 Å². The van der Waals surface area contributed by atoms with Crippen molar-refractivity contribution in [2.24, 2.45) is 4.99 Å². The molecule has 8 rings (SSSR count). The highest BCUT2D eigenvalue weighted by atomic mass is 32.1. The lowest BCUT2D eigenvalue weighted by Crippen LogP contribution is -2.38. The minimum atomic E-state index is -0.273. The summed E-state index contributed by atoms with van der Waals surface area (Å²) in [7, 11) is 1.67. The second-order valence-corrected chi connectivity index (χ2v) is 13.0. The van der Waals surface area contributed by atoms with Gasteiger partial charge in [-0.2, -0.15) is 0 Å². The summed E-state index contributed by atoms with van der Waals surface area (Å²) in [5.41, 5.74) is 7.47. The molecule has 0 spiro atoms. The molecule has 1 unspecified atom stereocenters. The second kappa shape index (κ2) is 12.7. The van der Waals surface area contributed by atoms with Crippen molar-refractivity contribution in [3.63, 3.8) is 0 Å². The van der Waals surface area contributed by atoms with Crippen molar-refractivity contribution in [3.05, 3.63) is 162 Å². The van der Waals surface area contributed by atoms with Crippen LogP contribution in [0.3, 0.4) is 0 Å². The Hall–Kier alpha value is -5.40. The molecule has 0 saturated carbocycles. The molecule has 238 valence electrons. The average Bonchev–Trinajstić information content (AvgIpc) is 3.44. The lowest BCUT2D eigenvalue weighted by molar-refractivity contribution is 0.270. The molecule has 5 aromatic carbocycles. The topological polar surface area (TPSA) is 62.0 Å². The van der Waals surface area contributed by atoms with Crippen LogP contribution in [0.15, 0.2) is 125 Å². The minimum Gasteiger partial charge on any atom is -0.497 e. The number of hydrogen-bond acceptors (Lipinski definition) is 6. The van der Waals surface area contributed by atoms with Gasteiger partial charge in [0, 0.05) is 5.56 Å². The van der Waals surface area contributed by atoms with Gasteiger partial charge in [0.05, 0.1) is 30.0 Å². The number of hydrogen-bond donors (Lipinski definition) is 0. The molecule has 6 nitrogen and oxygen atoms in total. The van der Waals surface area contributed by atoms with Crippen LogP contribution in [-0.2, 0) is 13.0 Å². The zero-order chi connectivity index (χ0) is 32.6. The highest BCUT2D eigenvalue weighted by molar-refractivity contribution is 7.07. The summed E-state index contributed by atoms with van der Waals surface area (Å²) < 4.78 is 20.4. The van der Waals surface area contributed by atoms with Crippen LogP contribution in [0, 0.1) is 0 Å². The molecule has 1 atom stereocenters. The summed E-state index contributed by atoms with van der Waals surface area (Å²) in [6, 6.07) is 36.6. The molecule has 1 aliphatic heterocycles. The lowest BCUT2D eigenvalue weighted by Gasteiger charge is -2.31. The fourth-order valence-corrected chi connectivity index (χ4v) is 7.86. The first-order chi connectivity index (χ1) is 23.6. The van der Waals surface area contributed by atoms with E-state index in [1.807, 2.05) is 66.1 Å². The van der Waals surface area contributed by atoms with Gasteiger partial charge in [-0.25, -0.2) is 4.99 Å². The molecule has 0 amide bonds. The first kappa shape index (κ1) is 30.0. The summed E-state index contributed by atoms with van der Waals surface area (Å²) in [6.45, 7) is 2.86. The maximum atomic E-state index is 14.3. The number of fused-ring (bicyclic) bond motifs is 4. The molecule has 7 heteroatoms. The van der Waals surface area contributed by atoms with Crippen molar-refractivity contribution >= 4 is 33.9 Å². The normalized spacial score (nSPS) is 15.4. The Bertz CT molecular complexity index is 2400. The first-order valence-electron chi connectivity index (χ1n) is 16.2. The van der Waals surface area contributed by atoms with E-state index < -0.39 is 0 Å². The van der Waals surface area contributed by atoms with Gasteiger partial charge in [0.15, 0.2) is 16.3 Å². The van der Waals surface area contributed by atoms with Gasteiger partial charge in [0.1, 0.15) is 12.4 Å². The van der Waals surface area contributed by atoms with E-state index in [2.05, 4.69) is 60.7 Å². The van der Waals surface area contributed by atoms with E-state index in [0.717, 1.165) is 52.1 Å². The maximum absolute atomic E-state index is 14.3. The molecule has 1 aliphatic carbocycles. The zero-order valence-electron chi connectivity index (χ0n) is 26.8. The third-order valence-electron chi connectivity index (χ3n) is 9.11. The van der Waals surface area contributed by atoms with Gasteiger partial charge in [-0.15, -0.1) is 0 Å². The molecule has 2 aliphatic rings. The van der Waals surface area contributed by atoms with Crippen LogP contribution in [0.5, 0.6) is 17.2 Å². The molecule has 1 aromatic heterocycles. The summed E-state index contributed by atoms with van der Waals surface area (Å²) in [5.74, 6) is 2.06. The van der Waals surface area contributed by atoms with Gasteiger partial charge in [-0.1, -0.05) is 96.3 Å². The van der Waals surface area contributed by atoms with Gasteiger partial charge < -0.3 is 14.2 Å². The predicted octanol–water partition coefficient (Wildman–Crippen LogP) is 7.46. The van der Waals surface area contributed by atoms with Crippen molar-refractivity contribution in [2.75, 3.05) is 13.7 Å². The van der Waals surface area contributed by atoms with Gasteiger partial charge >= 0.3 is 0 Å². The number of thiazole rings is 1. The van der Waals surface area contributed by atoms with E-state index in [1.165, 1.54) is 27.7 Å². The number of rotatable bonds is 8. The summed E-state index contributed by atoms with van der Waals surface area (Å²) >= 11 is 1.42. The van der Waals surface area contributed by atoms with E-state index in [0.29, 0.717) is 34.0 Å². The Kier molecular flexibility index (Phi) is 7.90. The van der Waals surface area contributed by atoms with Crippen molar-refractivity contribution in [2.45, 2.75) is 32.4 Å². The SMILES string of the molecule is CCOc1cc(C=c2sc3n(c2=O)C(c2cccc(OC)c2)C2=C(N=3)c3ccccc3CC2)ccc1OCc1cccc2ccccc12. The van der Waals surface area contributed by atoms with Gasteiger partial charge in [0.25, 0.3) is 5.56 Å². The lowest BCUT2D eigenvalue weighted by atomic mass is 9.83. The van der Waals surface area contributed by atoms with E-state index in [-0.39, 0.29) is 11.6 Å². The van der Waals surface area contributed by atoms with Crippen LogP contribution in [-0.4, -0.2) is 18.3 Å². The molecule has 0 saturated heterocycles. The Morgan fingerprint density at radius 3 is 2.60 bits per heavy atom. The van der Waals surface area contributed by atoms with Crippen LogP contribution in [0.4, 0.5) is 0 Å². The van der Waals surface area contributed by atoms with Crippen LogP contribution >= 0.6 is 11.3 Å². The van der Waals surface area contributed by atoms with Crippen molar-refractivity contribution in [1.29, 1.82) is 0 Å². The number of ether oxygens (including phenoxy) is 3. The fourth-order valence-electron chi connectivity index (χ4n) is 6.86. The van der Waals surface area contributed by atoms with Crippen LogP contribution in [0.25, 0.3) is 22.5 Å². The highest BCUT2D eigenvalue weighted by Crippen LogP contribution is 2.41. The first-order valence-corrected chi connectivity index (χ1v) is 17.1. The third-order valence-corrected chi connectivity index (χ3v) is 10.1.